The van der Waals surface area contributed by atoms with E-state index in [1.54, 1.807) is 31.2 Å². The molecular formula is C27H22BrF6N3O3. The van der Waals surface area contributed by atoms with Gasteiger partial charge >= 0.3 is 12.4 Å². The summed E-state index contributed by atoms with van der Waals surface area (Å²) in [7, 11) is 0. The van der Waals surface area contributed by atoms with Gasteiger partial charge in [-0.05, 0) is 48.9 Å². The number of amides is 2. The Morgan fingerprint density at radius 1 is 1.05 bits per heavy atom. The summed E-state index contributed by atoms with van der Waals surface area (Å²) in [6, 6.07) is 10.3. The van der Waals surface area contributed by atoms with Crippen LogP contribution >= 0.6 is 15.9 Å². The zero-order valence-electron chi connectivity index (χ0n) is 21.0. The highest BCUT2D eigenvalue weighted by atomic mass is 79.9. The van der Waals surface area contributed by atoms with E-state index in [0.717, 1.165) is 6.07 Å². The number of rotatable bonds is 6. The normalized spacial score (nSPS) is 18.2. The fourth-order valence-electron chi connectivity index (χ4n) is 4.45. The molecule has 2 N–H and O–H groups in total. The van der Waals surface area contributed by atoms with Crippen LogP contribution in [0.2, 0.25) is 0 Å². The topological polar surface area (TPSA) is 79.8 Å². The summed E-state index contributed by atoms with van der Waals surface area (Å²) >= 11 is 2.87. The molecule has 0 saturated heterocycles. The number of halogens is 7. The number of hydrogen-bond donors (Lipinski definition) is 2. The first-order valence-electron chi connectivity index (χ1n) is 12.0. The Hall–Kier alpha value is -3.61. The fourth-order valence-corrected chi connectivity index (χ4v) is 4.94. The van der Waals surface area contributed by atoms with Crippen molar-refractivity contribution in [2.45, 2.75) is 44.3 Å². The number of nitrogens with zero attached hydrogens (tertiary/aromatic N) is 1. The minimum atomic E-state index is -5.13. The van der Waals surface area contributed by atoms with Crippen molar-refractivity contribution in [3.8, 4) is 0 Å². The van der Waals surface area contributed by atoms with Crippen molar-refractivity contribution >= 4 is 44.2 Å². The van der Waals surface area contributed by atoms with Crippen molar-refractivity contribution in [3.05, 3.63) is 81.3 Å². The third-order valence-electron chi connectivity index (χ3n) is 6.45. The van der Waals surface area contributed by atoms with Gasteiger partial charge in [-0.25, -0.2) is 0 Å². The maximum atomic E-state index is 14.5. The predicted octanol–water partition coefficient (Wildman–Crippen LogP) is 6.46. The van der Waals surface area contributed by atoms with Crippen molar-refractivity contribution < 1.29 is 40.8 Å². The molecule has 4 rings (SSSR count). The Balaban J connectivity index is 1.74. The number of likely N-dealkylation sites (N-methyl/N-ethyl adjacent to an activating group) is 1. The van der Waals surface area contributed by atoms with E-state index in [1.165, 1.54) is 19.1 Å². The van der Waals surface area contributed by atoms with Gasteiger partial charge in [-0.1, -0.05) is 51.4 Å². The average Bonchev–Trinajstić information content (AvgIpc) is 3.34. The Labute approximate surface area is 232 Å². The van der Waals surface area contributed by atoms with Crippen LogP contribution in [-0.2, 0) is 21.4 Å². The lowest BCUT2D eigenvalue weighted by Gasteiger charge is -2.30. The highest BCUT2D eigenvalue weighted by molar-refractivity contribution is 9.10. The standard InChI is InChI=1S/C27H22BrF6N3O3/c1-3-35-23(38)14(2)36-24(39)21-9-8-20(18-6-4-5-7-19(18)21)22-13-25(40-37-22,27(32,33)34)15-10-16(26(29,30)31)12-17(28)11-15/h4-12,14H,3,13H2,1-2H3,(H,35,38)(H,36,39). The number of nitrogens with one attached hydrogen (secondary N) is 2. The van der Waals surface area contributed by atoms with Gasteiger partial charge in [0.15, 0.2) is 0 Å². The molecule has 2 amide bonds. The van der Waals surface area contributed by atoms with Gasteiger partial charge in [-0.15, -0.1) is 0 Å². The maximum Gasteiger partial charge on any atom is 0.435 e. The highest BCUT2D eigenvalue weighted by Crippen LogP contribution is 2.50. The molecule has 13 heteroatoms. The minimum Gasteiger partial charge on any atom is -0.374 e. The van der Waals surface area contributed by atoms with Crippen molar-refractivity contribution in [2.75, 3.05) is 6.54 Å². The number of carbonyl (C=O) groups is 2. The van der Waals surface area contributed by atoms with Crippen molar-refractivity contribution in [1.29, 1.82) is 0 Å². The molecule has 6 nitrogen and oxygen atoms in total. The molecule has 0 radical (unpaired) electrons. The number of hydrogen-bond acceptors (Lipinski definition) is 4. The molecular weight excluding hydrogens is 608 g/mol. The van der Waals surface area contributed by atoms with E-state index < -0.39 is 47.5 Å². The summed E-state index contributed by atoms with van der Waals surface area (Å²) in [5.74, 6) is -0.969. The van der Waals surface area contributed by atoms with E-state index in [9.17, 15) is 35.9 Å². The van der Waals surface area contributed by atoms with E-state index in [0.29, 0.717) is 29.4 Å². The average molecular weight is 630 g/mol. The molecule has 3 aromatic carbocycles. The molecule has 0 spiro atoms. The summed E-state index contributed by atoms with van der Waals surface area (Å²) in [4.78, 5) is 30.0. The molecule has 0 fully saturated rings. The van der Waals surface area contributed by atoms with E-state index in [2.05, 4.69) is 31.7 Å². The second kappa shape index (κ2) is 10.8. The van der Waals surface area contributed by atoms with Crippen LogP contribution in [-0.4, -0.2) is 36.3 Å². The van der Waals surface area contributed by atoms with Crippen LogP contribution in [0.5, 0.6) is 0 Å². The number of benzene rings is 3. The van der Waals surface area contributed by atoms with E-state index in [4.69, 9.17) is 4.84 Å². The van der Waals surface area contributed by atoms with Crippen molar-refractivity contribution in [3.63, 3.8) is 0 Å². The number of alkyl halides is 6. The molecule has 40 heavy (non-hydrogen) atoms. The molecule has 0 bridgehead atoms. The molecule has 3 aromatic rings. The van der Waals surface area contributed by atoms with Crippen LogP contribution < -0.4 is 10.6 Å². The summed E-state index contributed by atoms with van der Waals surface area (Å²) in [5.41, 5.74) is -5.00. The van der Waals surface area contributed by atoms with Crippen LogP contribution in [0, 0.1) is 0 Å². The number of oxime groups is 1. The smallest absolute Gasteiger partial charge is 0.374 e. The minimum absolute atomic E-state index is 0.162. The van der Waals surface area contributed by atoms with Gasteiger partial charge in [-0.3, -0.25) is 9.59 Å². The van der Waals surface area contributed by atoms with Gasteiger partial charge in [0.05, 0.1) is 11.3 Å². The molecule has 1 aliphatic heterocycles. The third kappa shape index (κ3) is 5.51. The lowest BCUT2D eigenvalue weighted by molar-refractivity contribution is -0.276. The first kappa shape index (κ1) is 29.4. The van der Waals surface area contributed by atoms with Crippen LogP contribution in [0.3, 0.4) is 0 Å². The molecule has 2 atom stereocenters. The van der Waals surface area contributed by atoms with Crippen LogP contribution in [0.25, 0.3) is 10.8 Å². The van der Waals surface area contributed by atoms with E-state index in [-0.39, 0.29) is 27.2 Å². The number of fused-ring (bicyclic) bond motifs is 1. The molecule has 0 aromatic heterocycles. The molecule has 1 heterocycles. The summed E-state index contributed by atoms with van der Waals surface area (Å²) < 4.78 is 83.5. The first-order valence-corrected chi connectivity index (χ1v) is 12.8. The van der Waals surface area contributed by atoms with Crippen LogP contribution in [0.1, 0.15) is 47.3 Å². The zero-order valence-corrected chi connectivity index (χ0v) is 22.6. The van der Waals surface area contributed by atoms with Crippen LogP contribution in [0.15, 0.2) is 64.2 Å². The quantitative estimate of drug-likeness (QED) is 0.307. The Bertz CT molecular complexity index is 1510. The molecule has 0 saturated carbocycles. The second-order valence-electron chi connectivity index (χ2n) is 9.15. The highest BCUT2D eigenvalue weighted by Gasteiger charge is 2.62. The summed E-state index contributed by atoms with van der Waals surface area (Å²) in [5, 5.41) is 9.61. The van der Waals surface area contributed by atoms with E-state index >= 15 is 0 Å². The predicted molar refractivity (Wildman–Crippen MR) is 139 cm³/mol. The first-order chi connectivity index (χ1) is 18.7. The molecule has 1 aliphatic rings. The third-order valence-corrected chi connectivity index (χ3v) is 6.91. The Kier molecular flexibility index (Phi) is 7.90. The SMILES string of the molecule is CCNC(=O)C(C)NC(=O)c1ccc(C2=NOC(c3cc(Br)cc(C(F)(F)F)c3)(C(F)(F)F)C2)c2ccccc12. The van der Waals surface area contributed by atoms with Crippen molar-refractivity contribution in [2.24, 2.45) is 5.16 Å². The van der Waals surface area contributed by atoms with Crippen molar-refractivity contribution in [1.82, 2.24) is 10.6 Å². The maximum absolute atomic E-state index is 14.5. The Morgan fingerprint density at radius 2 is 1.73 bits per heavy atom. The summed E-state index contributed by atoms with van der Waals surface area (Å²) in [6.07, 6.45) is -10.9. The number of carbonyl (C=O) groups excluding carboxylic acids is 2. The lowest BCUT2D eigenvalue weighted by Crippen LogP contribution is -2.44. The van der Waals surface area contributed by atoms with Gasteiger partial charge in [0.25, 0.3) is 11.5 Å². The van der Waals surface area contributed by atoms with Gasteiger partial charge in [-0.2, -0.15) is 26.3 Å². The molecule has 2 unspecified atom stereocenters. The fraction of sp³-hybridized carbons (Fsp3) is 0.296. The molecule has 212 valence electrons. The van der Waals surface area contributed by atoms with Gasteiger partial charge in [0.1, 0.15) is 6.04 Å². The lowest BCUT2D eigenvalue weighted by atomic mass is 9.84. The van der Waals surface area contributed by atoms with E-state index in [1.807, 2.05) is 0 Å². The zero-order chi connectivity index (χ0) is 29.5. The Morgan fingerprint density at radius 3 is 2.35 bits per heavy atom. The monoisotopic (exact) mass is 629 g/mol. The summed E-state index contributed by atoms with van der Waals surface area (Å²) in [6.45, 7) is 3.61. The molecule has 0 aliphatic carbocycles. The van der Waals surface area contributed by atoms with Crippen LogP contribution in [0.4, 0.5) is 26.3 Å². The largest absolute Gasteiger partial charge is 0.435 e. The van der Waals surface area contributed by atoms with Gasteiger partial charge < -0.3 is 15.5 Å². The van der Waals surface area contributed by atoms with Gasteiger partial charge in [0, 0.05) is 34.1 Å². The second-order valence-corrected chi connectivity index (χ2v) is 10.1. The van der Waals surface area contributed by atoms with Gasteiger partial charge in [0.2, 0.25) is 5.91 Å².